The molecule has 2 N–H and O–H groups in total. The fraction of sp³-hybridized carbons (Fsp3) is 0.500. The topological polar surface area (TPSA) is 65.5 Å². The van der Waals surface area contributed by atoms with Gasteiger partial charge in [0.1, 0.15) is 5.82 Å². The van der Waals surface area contributed by atoms with Gasteiger partial charge in [0, 0.05) is 25.8 Å². The molecule has 5 nitrogen and oxygen atoms in total. The van der Waals surface area contributed by atoms with E-state index >= 15 is 0 Å². The molecule has 0 aliphatic carbocycles. The van der Waals surface area contributed by atoms with Crippen molar-refractivity contribution in [1.29, 1.82) is 0 Å². The Labute approximate surface area is 101 Å². The standard InChI is InChI=1S/C12H19N3O2/c1-9(2)14-11-5-4-10(8-13-11)12(17)15(3)6-7-16/h4-5,8-9,16H,6-7H2,1-3H3,(H,13,14). The molecule has 0 bridgehead atoms. The van der Waals surface area contributed by atoms with Crippen LogP contribution >= 0.6 is 0 Å². The molecule has 0 saturated carbocycles. The Balaban J connectivity index is 2.70. The number of likely N-dealkylation sites (N-methyl/N-ethyl adjacent to an activating group) is 1. The highest BCUT2D eigenvalue weighted by Crippen LogP contribution is 2.08. The summed E-state index contributed by atoms with van der Waals surface area (Å²) < 4.78 is 0. The van der Waals surface area contributed by atoms with Gasteiger partial charge in [0.25, 0.3) is 5.91 Å². The Morgan fingerprint density at radius 1 is 1.53 bits per heavy atom. The second-order valence-corrected chi connectivity index (χ2v) is 4.18. The van der Waals surface area contributed by atoms with E-state index in [1.54, 1.807) is 25.4 Å². The first-order valence-electron chi connectivity index (χ1n) is 5.63. The van der Waals surface area contributed by atoms with Crippen LogP contribution in [-0.4, -0.2) is 47.1 Å². The van der Waals surface area contributed by atoms with Gasteiger partial charge in [0.2, 0.25) is 0 Å². The molecule has 0 radical (unpaired) electrons. The summed E-state index contributed by atoms with van der Waals surface area (Å²) in [7, 11) is 1.65. The summed E-state index contributed by atoms with van der Waals surface area (Å²) in [6.45, 7) is 4.33. The average molecular weight is 237 g/mol. The molecular weight excluding hydrogens is 218 g/mol. The molecule has 0 aromatic carbocycles. The molecular formula is C12H19N3O2. The molecule has 1 rings (SSSR count). The minimum atomic E-state index is -0.136. The van der Waals surface area contributed by atoms with E-state index in [9.17, 15) is 4.79 Å². The second-order valence-electron chi connectivity index (χ2n) is 4.18. The van der Waals surface area contributed by atoms with E-state index in [-0.39, 0.29) is 12.5 Å². The molecule has 0 saturated heterocycles. The summed E-state index contributed by atoms with van der Waals surface area (Å²) in [4.78, 5) is 17.4. The van der Waals surface area contributed by atoms with Crippen LogP contribution in [0.2, 0.25) is 0 Å². The highest BCUT2D eigenvalue weighted by atomic mass is 16.3. The van der Waals surface area contributed by atoms with Crippen molar-refractivity contribution in [2.45, 2.75) is 19.9 Å². The van der Waals surface area contributed by atoms with Gasteiger partial charge in [0.05, 0.1) is 12.2 Å². The van der Waals surface area contributed by atoms with Crippen LogP contribution < -0.4 is 5.32 Å². The molecule has 1 amide bonds. The van der Waals surface area contributed by atoms with Gasteiger partial charge in [-0.1, -0.05) is 0 Å². The number of carbonyl (C=O) groups excluding carboxylic acids is 1. The molecule has 1 aromatic heterocycles. The lowest BCUT2D eigenvalue weighted by atomic mass is 10.2. The zero-order valence-electron chi connectivity index (χ0n) is 10.5. The summed E-state index contributed by atoms with van der Waals surface area (Å²) in [5, 5.41) is 11.9. The summed E-state index contributed by atoms with van der Waals surface area (Å²) in [6.07, 6.45) is 1.54. The Morgan fingerprint density at radius 2 is 2.24 bits per heavy atom. The summed E-state index contributed by atoms with van der Waals surface area (Å²) >= 11 is 0. The van der Waals surface area contributed by atoms with E-state index < -0.39 is 0 Å². The van der Waals surface area contributed by atoms with Gasteiger partial charge in [-0.3, -0.25) is 4.79 Å². The Kier molecular flexibility index (Phi) is 4.90. The van der Waals surface area contributed by atoms with Gasteiger partial charge in [-0.05, 0) is 26.0 Å². The normalized spacial score (nSPS) is 10.4. The lowest BCUT2D eigenvalue weighted by Crippen LogP contribution is -2.29. The van der Waals surface area contributed by atoms with Crippen LogP contribution in [0.4, 0.5) is 5.82 Å². The maximum atomic E-state index is 11.8. The fourth-order valence-electron chi connectivity index (χ4n) is 1.37. The number of aliphatic hydroxyl groups excluding tert-OH is 1. The van der Waals surface area contributed by atoms with Crippen molar-refractivity contribution < 1.29 is 9.90 Å². The van der Waals surface area contributed by atoms with Gasteiger partial charge in [-0.2, -0.15) is 0 Å². The van der Waals surface area contributed by atoms with Gasteiger partial charge in [-0.15, -0.1) is 0 Å². The molecule has 0 fully saturated rings. The SMILES string of the molecule is CC(C)Nc1ccc(C(=O)N(C)CCO)cn1. The van der Waals surface area contributed by atoms with Crippen molar-refractivity contribution in [3.05, 3.63) is 23.9 Å². The van der Waals surface area contributed by atoms with Crippen molar-refractivity contribution >= 4 is 11.7 Å². The van der Waals surface area contributed by atoms with Gasteiger partial charge in [0.15, 0.2) is 0 Å². The van der Waals surface area contributed by atoms with E-state index in [1.165, 1.54) is 4.90 Å². The lowest BCUT2D eigenvalue weighted by Gasteiger charge is -2.15. The van der Waals surface area contributed by atoms with Crippen LogP contribution in [0.5, 0.6) is 0 Å². The van der Waals surface area contributed by atoms with E-state index in [1.807, 2.05) is 13.8 Å². The lowest BCUT2D eigenvalue weighted by molar-refractivity contribution is 0.0766. The van der Waals surface area contributed by atoms with E-state index in [0.29, 0.717) is 18.2 Å². The molecule has 1 heterocycles. The molecule has 1 aromatic rings. The molecule has 0 atom stereocenters. The first kappa shape index (κ1) is 13.4. The third-order valence-electron chi connectivity index (χ3n) is 2.23. The maximum Gasteiger partial charge on any atom is 0.255 e. The van der Waals surface area contributed by atoms with Crippen LogP contribution in [-0.2, 0) is 0 Å². The molecule has 0 spiro atoms. The third-order valence-corrected chi connectivity index (χ3v) is 2.23. The van der Waals surface area contributed by atoms with Crippen LogP contribution in [0.25, 0.3) is 0 Å². The van der Waals surface area contributed by atoms with Gasteiger partial charge < -0.3 is 15.3 Å². The van der Waals surface area contributed by atoms with Crippen molar-refractivity contribution in [2.75, 3.05) is 25.5 Å². The highest BCUT2D eigenvalue weighted by molar-refractivity contribution is 5.93. The predicted molar refractivity (Wildman–Crippen MR) is 67.0 cm³/mol. The van der Waals surface area contributed by atoms with Crippen molar-refractivity contribution in [3.8, 4) is 0 Å². The summed E-state index contributed by atoms with van der Waals surface area (Å²) in [5.41, 5.74) is 0.523. The number of hydrogen-bond donors (Lipinski definition) is 2. The molecule has 5 heteroatoms. The predicted octanol–water partition coefficient (Wildman–Crippen LogP) is 0.966. The molecule has 0 unspecified atom stereocenters. The van der Waals surface area contributed by atoms with Crippen molar-refractivity contribution in [3.63, 3.8) is 0 Å². The number of aromatic nitrogens is 1. The third kappa shape index (κ3) is 4.03. The molecule has 0 aliphatic heterocycles. The second kappa shape index (κ2) is 6.20. The Bertz CT molecular complexity index is 363. The number of nitrogens with zero attached hydrogens (tertiary/aromatic N) is 2. The monoisotopic (exact) mass is 237 g/mol. The molecule has 94 valence electrons. The molecule has 17 heavy (non-hydrogen) atoms. The minimum absolute atomic E-state index is 0.0390. The van der Waals surface area contributed by atoms with Crippen LogP contribution in [0.15, 0.2) is 18.3 Å². The minimum Gasteiger partial charge on any atom is -0.395 e. The van der Waals surface area contributed by atoms with Crippen LogP contribution in [0.3, 0.4) is 0 Å². The largest absolute Gasteiger partial charge is 0.395 e. The Morgan fingerprint density at radius 3 is 2.71 bits per heavy atom. The average Bonchev–Trinajstić information content (AvgIpc) is 2.28. The smallest absolute Gasteiger partial charge is 0.255 e. The number of rotatable bonds is 5. The molecule has 0 aliphatic rings. The van der Waals surface area contributed by atoms with E-state index in [0.717, 1.165) is 5.82 Å². The maximum absolute atomic E-state index is 11.8. The van der Waals surface area contributed by atoms with Crippen LogP contribution in [0.1, 0.15) is 24.2 Å². The van der Waals surface area contributed by atoms with Crippen LogP contribution in [0, 0.1) is 0 Å². The van der Waals surface area contributed by atoms with E-state index in [2.05, 4.69) is 10.3 Å². The quantitative estimate of drug-likeness (QED) is 0.800. The van der Waals surface area contributed by atoms with Crippen molar-refractivity contribution in [2.24, 2.45) is 0 Å². The number of anilines is 1. The zero-order valence-corrected chi connectivity index (χ0v) is 10.5. The number of hydrogen-bond acceptors (Lipinski definition) is 4. The number of carbonyl (C=O) groups is 1. The number of amides is 1. The number of pyridine rings is 1. The zero-order chi connectivity index (χ0) is 12.8. The Hall–Kier alpha value is -1.62. The highest BCUT2D eigenvalue weighted by Gasteiger charge is 2.11. The van der Waals surface area contributed by atoms with Gasteiger partial charge in [-0.25, -0.2) is 4.98 Å². The summed E-state index contributed by atoms with van der Waals surface area (Å²) in [5.74, 6) is 0.615. The van der Waals surface area contributed by atoms with Crippen molar-refractivity contribution in [1.82, 2.24) is 9.88 Å². The first-order valence-corrected chi connectivity index (χ1v) is 5.63. The summed E-state index contributed by atoms with van der Waals surface area (Å²) in [6, 6.07) is 3.81. The number of nitrogens with one attached hydrogen (secondary N) is 1. The first-order chi connectivity index (χ1) is 8.04. The number of aliphatic hydroxyl groups is 1. The van der Waals surface area contributed by atoms with Gasteiger partial charge >= 0.3 is 0 Å². The van der Waals surface area contributed by atoms with E-state index in [4.69, 9.17) is 5.11 Å². The fourth-order valence-corrected chi connectivity index (χ4v) is 1.37.